The summed E-state index contributed by atoms with van der Waals surface area (Å²) in [6.45, 7) is 0.673. The molecule has 1 saturated carbocycles. The van der Waals surface area contributed by atoms with Crippen molar-refractivity contribution in [2.45, 2.75) is 25.4 Å². The minimum atomic E-state index is 0.118. The molecule has 0 bridgehead atoms. The van der Waals surface area contributed by atoms with E-state index in [0.717, 1.165) is 32.9 Å². The third-order valence-electron chi connectivity index (χ3n) is 3.61. The Bertz CT molecular complexity index is 633. The van der Waals surface area contributed by atoms with E-state index in [-0.39, 0.29) is 5.91 Å². The lowest BCUT2D eigenvalue weighted by atomic mass is 10.1. The van der Waals surface area contributed by atoms with Gasteiger partial charge in [0.25, 0.3) is 5.91 Å². The number of benzene rings is 2. The summed E-state index contributed by atoms with van der Waals surface area (Å²) in [5.74, 6) is 0.118. The highest BCUT2D eigenvalue weighted by Gasteiger charge is 2.32. The summed E-state index contributed by atoms with van der Waals surface area (Å²) in [6, 6.07) is 16.1. The van der Waals surface area contributed by atoms with Crippen molar-refractivity contribution in [1.82, 2.24) is 4.90 Å². The van der Waals surface area contributed by atoms with Crippen molar-refractivity contribution in [3.63, 3.8) is 0 Å². The molecule has 0 atom stereocenters. The molecule has 0 heterocycles. The maximum absolute atomic E-state index is 12.7. The fraction of sp³-hybridized carbons (Fsp3) is 0.235. The van der Waals surface area contributed by atoms with Gasteiger partial charge in [0.05, 0.1) is 0 Å². The second-order valence-corrected chi connectivity index (χ2v) is 7.13. The molecule has 21 heavy (non-hydrogen) atoms. The standard InChI is InChI=1S/C17H15Br2NO/c18-14-5-1-12(2-6-14)11-20(16-9-10-16)17(21)13-3-7-15(19)8-4-13/h1-8,16H,9-11H2. The summed E-state index contributed by atoms with van der Waals surface area (Å²) in [4.78, 5) is 14.7. The van der Waals surface area contributed by atoms with E-state index in [4.69, 9.17) is 0 Å². The van der Waals surface area contributed by atoms with Gasteiger partial charge in [-0.2, -0.15) is 0 Å². The number of amides is 1. The van der Waals surface area contributed by atoms with Crippen molar-refractivity contribution < 1.29 is 4.79 Å². The van der Waals surface area contributed by atoms with Crippen LogP contribution >= 0.6 is 31.9 Å². The Kier molecular flexibility index (Phi) is 4.45. The molecule has 1 amide bonds. The van der Waals surface area contributed by atoms with Crippen LogP contribution < -0.4 is 0 Å². The van der Waals surface area contributed by atoms with Crippen LogP contribution in [0, 0.1) is 0 Å². The highest BCUT2D eigenvalue weighted by atomic mass is 79.9. The van der Waals surface area contributed by atoms with Crippen LogP contribution in [0.2, 0.25) is 0 Å². The number of nitrogens with zero attached hydrogens (tertiary/aromatic N) is 1. The van der Waals surface area contributed by atoms with E-state index in [1.807, 2.05) is 41.3 Å². The number of rotatable bonds is 4. The van der Waals surface area contributed by atoms with E-state index in [2.05, 4.69) is 44.0 Å². The Balaban J connectivity index is 1.79. The third kappa shape index (κ3) is 3.74. The average molecular weight is 409 g/mol. The number of hydrogen-bond donors (Lipinski definition) is 0. The summed E-state index contributed by atoms with van der Waals surface area (Å²) in [5, 5.41) is 0. The van der Waals surface area contributed by atoms with Crippen LogP contribution in [0.5, 0.6) is 0 Å². The van der Waals surface area contributed by atoms with Crippen molar-refractivity contribution in [2.24, 2.45) is 0 Å². The summed E-state index contributed by atoms with van der Waals surface area (Å²) in [6.07, 6.45) is 2.22. The van der Waals surface area contributed by atoms with E-state index in [0.29, 0.717) is 12.6 Å². The molecular formula is C17H15Br2NO. The first-order valence-corrected chi connectivity index (χ1v) is 8.53. The molecule has 0 aliphatic heterocycles. The predicted molar refractivity (Wildman–Crippen MR) is 91.2 cm³/mol. The zero-order valence-corrected chi connectivity index (χ0v) is 14.6. The second kappa shape index (κ2) is 6.32. The molecule has 4 heteroatoms. The van der Waals surface area contributed by atoms with E-state index in [9.17, 15) is 4.79 Å². The molecule has 1 fully saturated rings. The van der Waals surface area contributed by atoms with Crippen LogP contribution in [0.3, 0.4) is 0 Å². The normalized spacial score (nSPS) is 14.0. The van der Waals surface area contributed by atoms with E-state index < -0.39 is 0 Å². The molecule has 2 aromatic rings. The zero-order valence-electron chi connectivity index (χ0n) is 11.4. The minimum absolute atomic E-state index is 0.118. The maximum Gasteiger partial charge on any atom is 0.254 e. The molecule has 1 aliphatic carbocycles. The van der Waals surface area contributed by atoms with Gasteiger partial charge in [0, 0.05) is 27.1 Å². The molecule has 2 nitrogen and oxygen atoms in total. The Hall–Kier alpha value is -1.13. The SMILES string of the molecule is O=C(c1ccc(Br)cc1)N(Cc1ccc(Br)cc1)C1CC1. The largest absolute Gasteiger partial charge is 0.331 e. The van der Waals surface area contributed by atoms with Crippen molar-refractivity contribution in [2.75, 3.05) is 0 Å². The van der Waals surface area contributed by atoms with Crippen LogP contribution in [-0.4, -0.2) is 16.8 Å². The summed E-state index contributed by atoms with van der Waals surface area (Å²) < 4.78 is 2.05. The maximum atomic E-state index is 12.7. The quantitative estimate of drug-likeness (QED) is 0.695. The number of halogens is 2. The number of hydrogen-bond acceptors (Lipinski definition) is 1. The highest BCUT2D eigenvalue weighted by Crippen LogP contribution is 2.30. The molecule has 0 unspecified atom stereocenters. The van der Waals surface area contributed by atoms with Crippen LogP contribution in [-0.2, 0) is 6.54 Å². The predicted octanol–water partition coefficient (Wildman–Crippen LogP) is 5.02. The molecule has 2 aromatic carbocycles. The van der Waals surface area contributed by atoms with Crippen molar-refractivity contribution in [1.29, 1.82) is 0 Å². The summed E-state index contributed by atoms with van der Waals surface area (Å²) in [7, 11) is 0. The molecule has 0 spiro atoms. The van der Waals surface area contributed by atoms with Crippen molar-refractivity contribution in [3.05, 3.63) is 68.6 Å². The Labute approximate surface area is 141 Å². The monoisotopic (exact) mass is 407 g/mol. The zero-order chi connectivity index (χ0) is 14.8. The van der Waals surface area contributed by atoms with Gasteiger partial charge < -0.3 is 4.90 Å². The molecule has 108 valence electrons. The molecule has 3 rings (SSSR count). The lowest BCUT2D eigenvalue weighted by Crippen LogP contribution is -2.32. The van der Waals surface area contributed by atoms with Gasteiger partial charge in [-0.25, -0.2) is 0 Å². The fourth-order valence-electron chi connectivity index (χ4n) is 2.30. The first kappa shape index (κ1) is 14.8. The van der Waals surface area contributed by atoms with Crippen molar-refractivity contribution >= 4 is 37.8 Å². The van der Waals surface area contributed by atoms with Gasteiger partial charge in [0.1, 0.15) is 0 Å². The van der Waals surface area contributed by atoms with E-state index in [1.54, 1.807) is 0 Å². The van der Waals surface area contributed by atoms with Crippen molar-refractivity contribution in [3.8, 4) is 0 Å². The first-order chi connectivity index (χ1) is 10.1. The second-order valence-electron chi connectivity index (χ2n) is 5.30. The fourth-order valence-corrected chi connectivity index (χ4v) is 2.83. The van der Waals surface area contributed by atoms with Crippen LogP contribution in [0.4, 0.5) is 0 Å². The molecular weight excluding hydrogens is 394 g/mol. The van der Waals surface area contributed by atoms with Gasteiger partial charge in [0.2, 0.25) is 0 Å². The van der Waals surface area contributed by atoms with Gasteiger partial charge in [-0.05, 0) is 54.8 Å². The van der Waals surface area contributed by atoms with Gasteiger partial charge in [-0.15, -0.1) is 0 Å². The number of carbonyl (C=O) groups is 1. The van der Waals surface area contributed by atoms with E-state index in [1.165, 1.54) is 0 Å². The first-order valence-electron chi connectivity index (χ1n) is 6.94. The Morgan fingerprint density at radius 3 is 2.00 bits per heavy atom. The summed E-state index contributed by atoms with van der Waals surface area (Å²) in [5.41, 5.74) is 1.91. The smallest absolute Gasteiger partial charge is 0.254 e. The van der Waals surface area contributed by atoms with Crippen LogP contribution in [0.15, 0.2) is 57.5 Å². The summed E-state index contributed by atoms with van der Waals surface area (Å²) >= 11 is 6.84. The Morgan fingerprint density at radius 1 is 0.952 bits per heavy atom. The topological polar surface area (TPSA) is 20.3 Å². The van der Waals surface area contributed by atoms with E-state index >= 15 is 0 Å². The average Bonchev–Trinajstić information content (AvgIpc) is 3.31. The highest BCUT2D eigenvalue weighted by molar-refractivity contribution is 9.10. The van der Waals surface area contributed by atoms with Crippen LogP contribution in [0.1, 0.15) is 28.8 Å². The van der Waals surface area contributed by atoms with Gasteiger partial charge >= 0.3 is 0 Å². The Morgan fingerprint density at radius 2 is 1.48 bits per heavy atom. The number of carbonyl (C=O) groups excluding carboxylic acids is 1. The van der Waals surface area contributed by atoms with Gasteiger partial charge in [0.15, 0.2) is 0 Å². The lowest BCUT2D eigenvalue weighted by molar-refractivity contribution is 0.0730. The molecule has 0 N–H and O–H groups in total. The van der Waals surface area contributed by atoms with Gasteiger partial charge in [-0.1, -0.05) is 44.0 Å². The molecule has 0 saturated heterocycles. The lowest BCUT2D eigenvalue weighted by Gasteiger charge is -2.23. The molecule has 0 radical (unpaired) electrons. The molecule has 1 aliphatic rings. The molecule has 0 aromatic heterocycles. The minimum Gasteiger partial charge on any atom is -0.331 e. The van der Waals surface area contributed by atoms with Gasteiger partial charge in [-0.3, -0.25) is 4.79 Å². The van der Waals surface area contributed by atoms with Crippen LogP contribution in [0.25, 0.3) is 0 Å². The third-order valence-corrected chi connectivity index (χ3v) is 4.66.